The maximum Gasteiger partial charge on any atom is 0.0509 e. The summed E-state index contributed by atoms with van der Waals surface area (Å²) in [5.41, 5.74) is 36.0. The second-order valence-corrected chi connectivity index (χ2v) is 28.0. The Balaban J connectivity index is 0.731. The molecule has 0 aromatic heterocycles. The van der Waals surface area contributed by atoms with Gasteiger partial charge in [-0.05, 0) is 225 Å². The summed E-state index contributed by atoms with van der Waals surface area (Å²) in [5.74, 6) is 0. The van der Waals surface area contributed by atoms with Crippen LogP contribution < -0.4 is 9.80 Å². The van der Waals surface area contributed by atoms with Crippen molar-refractivity contribution < 1.29 is 0 Å². The van der Waals surface area contributed by atoms with E-state index in [0.29, 0.717) is 0 Å². The first kappa shape index (κ1) is 52.6. The van der Waals surface area contributed by atoms with Crippen molar-refractivity contribution in [1.29, 1.82) is 0 Å². The zero-order valence-electron chi connectivity index (χ0n) is 51.9. The van der Waals surface area contributed by atoms with E-state index in [1.54, 1.807) is 0 Å². The highest BCUT2D eigenvalue weighted by Gasteiger charge is 2.45. The first-order chi connectivity index (χ1) is 41.3. The van der Waals surface area contributed by atoms with Crippen molar-refractivity contribution in [2.45, 2.75) is 117 Å². The maximum absolute atomic E-state index is 2.56. The van der Waals surface area contributed by atoms with Gasteiger partial charge in [-0.15, -0.1) is 0 Å². The fourth-order valence-electron chi connectivity index (χ4n) is 16.6. The highest BCUT2D eigenvalue weighted by atomic mass is 15.2. The van der Waals surface area contributed by atoms with Crippen molar-refractivity contribution >= 4 is 51.0 Å². The summed E-state index contributed by atoms with van der Waals surface area (Å²) >= 11 is 0. The molecule has 0 radical (unpaired) electrons. The lowest BCUT2D eigenvalue weighted by molar-refractivity contribution is 0.620. The minimum Gasteiger partial charge on any atom is -0.310 e. The average Bonchev–Trinajstić information content (AvgIpc) is 1.42. The molecule has 3 aliphatic carbocycles. The Morgan fingerprint density at radius 1 is 0.302 bits per heavy atom. The number of nitrogens with zero attached hydrogens (tertiary/aromatic N) is 2. The normalized spacial score (nSPS) is 16.8. The smallest absolute Gasteiger partial charge is 0.0509 e. The number of hydrogen-bond donors (Lipinski definition) is 0. The molecule has 0 amide bonds. The summed E-state index contributed by atoms with van der Waals surface area (Å²) in [6.07, 6.45) is 5.43. The van der Waals surface area contributed by atoms with Gasteiger partial charge in [0.05, 0.1) is 22.7 Å². The molecule has 5 aliphatic rings. The van der Waals surface area contributed by atoms with Crippen molar-refractivity contribution in [3.05, 3.63) is 279 Å². The summed E-state index contributed by atoms with van der Waals surface area (Å²) in [5, 5.41) is 2.51. The molecule has 2 aliphatic heterocycles. The summed E-state index contributed by atoms with van der Waals surface area (Å²) in [7, 11) is 0. The fourth-order valence-corrected chi connectivity index (χ4v) is 16.6. The van der Waals surface area contributed by atoms with E-state index in [1.165, 1.54) is 167 Å². The standard InChI is InChI=1S/C84H74N2/c1-13-21-52-40-58(34-28-50(52)14-2)86-77-27-20-17-24-66(77)80(3,4)74-46-64-62-38-32-56(44-70(62)84(11,12)73(64)49-79(74)86)54-30-36-60-61-37-31-55(43-69(61)82(7,8)68(60)42-54)57-33-39-63-65-47-78-75(48-72(65)83(9,10)71(63)45-57)81(5,6)67-25-18-19-26-76(67)85(78)59-35-29-51-22-15-16-23-53(51)41-59/h13,15-49H,14H2,1-12H3/b21-13-. The highest BCUT2D eigenvalue weighted by Crippen LogP contribution is 2.61. The summed E-state index contributed by atoms with van der Waals surface area (Å²) in [6.45, 7) is 28.6. The van der Waals surface area contributed by atoms with Crippen LogP contribution in [-0.2, 0) is 33.5 Å². The quantitative estimate of drug-likeness (QED) is 0.164. The van der Waals surface area contributed by atoms with Gasteiger partial charge in [0, 0.05) is 38.4 Å². The van der Waals surface area contributed by atoms with E-state index in [9.17, 15) is 0 Å². The largest absolute Gasteiger partial charge is 0.310 e. The van der Waals surface area contributed by atoms with Gasteiger partial charge in [-0.1, -0.05) is 216 Å². The van der Waals surface area contributed by atoms with Crippen LogP contribution in [0.25, 0.3) is 72.5 Å². The van der Waals surface area contributed by atoms with Crippen LogP contribution in [0.3, 0.4) is 0 Å². The molecular formula is C84H74N2. The number of benzene rings is 11. The monoisotopic (exact) mass is 1110 g/mol. The second kappa shape index (κ2) is 18.0. The Labute approximate surface area is 509 Å². The topological polar surface area (TPSA) is 6.48 Å². The molecule has 0 unspecified atom stereocenters. The van der Waals surface area contributed by atoms with Gasteiger partial charge >= 0.3 is 0 Å². The van der Waals surface area contributed by atoms with Gasteiger partial charge in [0.15, 0.2) is 0 Å². The lowest BCUT2D eigenvalue weighted by atomic mass is 9.71. The molecule has 0 bridgehead atoms. The molecule has 0 saturated heterocycles. The average molecular weight is 1110 g/mol. The van der Waals surface area contributed by atoms with Crippen LogP contribution in [0.1, 0.15) is 150 Å². The van der Waals surface area contributed by atoms with Gasteiger partial charge in [0.2, 0.25) is 0 Å². The number of fused-ring (bicyclic) bond motifs is 14. The molecule has 2 heterocycles. The van der Waals surface area contributed by atoms with Gasteiger partial charge in [-0.3, -0.25) is 0 Å². The Bertz CT molecular complexity index is 4800. The number of rotatable bonds is 6. The second-order valence-electron chi connectivity index (χ2n) is 28.0. The van der Waals surface area contributed by atoms with Gasteiger partial charge in [0.1, 0.15) is 0 Å². The Hall–Kier alpha value is -8.98. The molecule has 0 atom stereocenters. The van der Waals surface area contributed by atoms with Gasteiger partial charge in [-0.2, -0.15) is 0 Å². The van der Waals surface area contributed by atoms with Gasteiger partial charge in [0.25, 0.3) is 0 Å². The van der Waals surface area contributed by atoms with E-state index in [1.807, 2.05) is 0 Å². The van der Waals surface area contributed by atoms with E-state index >= 15 is 0 Å². The molecule has 16 rings (SSSR count). The van der Waals surface area contributed by atoms with Crippen molar-refractivity contribution in [2.75, 3.05) is 9.80 Å². The van der Waals surface area contributed by atoms with E-state index in [-0.39, 0.29) is 27.1 Å². The third kappa shape index (κ3) is 7.19. The molecule has 11 aromatic carbocycles. The molecule has 0 spiro atoms. The highest BCUT2D eigenvalue weighted by molar-refractivity contribution is 5.97. The third-order valence-electron chi connectivity index (χ3n) is 21.5. The number of anilines is 6. The number of hydrogen-bond acceptors (Lipinski definition) is 2. The maximum atomic E-state index is 2.56. The van der Waals surface area contributed by atoms with E-state index < -0.39 is 0 Å². The van der Waals surface area contributed by atoms with Crippen molar-refractivity contribution in [3.8, 4) is 55.6 Å². The van der Waals surface area contributed by atoms with E-state index in [0.717, 1.165) is 6.42 Å². The van der Waals surface area contributed by atoms with Gasteiger partial charge in [-0.25, -0.2) is 0 Å². The lowest BCUT2D eigenvalue weighted by Crippen LogP contribution is -2.31. The Kier molecular flexibility index (Phi) is 11.0. The summed E-state index contributed by atoms with van der Waals surface area (Å²) in [4.78, 5) is 5.06. The fraction of sp³-hybridized carbons (Fsp3) is 0.214. The molecular weight excluding hydrogens is 1040 g/mol. The molecule has 86 heavy (non-hydrogen) atoms. The SMILES string of the molecule is C/C=C\c1cc(N2c3ccccc3C(C)(C)c3cc4c(cc32)C(C)(C)c2cc(-c3ccc5c(c3)C(C)(C)c3cc(-c6ccc7c(c6)C(C)(C)c6cc8c(cc6-7)N(c6ccc7ccccc7c6)c6ccccc6C8(C)C)ccc3-5)ccc2-4)ccc1CC. The lowest BCUT2D eigenvalue weighted by Gasteiger charge is -2.43. The van der Waals surface area contributed by atoms with Crippen LogP contribution in [0.15, 0.2) is 212 Å². The van der Waals surface area contributed by atoms with Crippen LogP contribution >= 0.6 is 0 Å². The minimum atomic E-state index is -0.217. The van der Waals surface area contributed by atoms with Crippen molar-refractivity contribution in [1.82, 2.24) is 0 Å². The predicted molar refractivity (Wildman–Crippen MR) is 365 cm³/mol. The molecule has 2 nitrogen and oxygen atoms in total. The van der Waals surface area contributed by atoms with Crippen LogP contribution in [0, 0.1) is 0 Å². The van der Waals surface area contributed by atoms with E-state index in [2.05, 4.69) is 311 Å². The molecule has 11 aromatic rings. The van der Waals surface area contributed by atoms with Crippen LogP contribution in [0.4, 0.5) is 34.1 Å². The third-order valence-corrected chi connectivity index (χ3v) is 21.5. The predicted octanol–water partition coefficient (Wildman–Crippen LogP) is 22.9. The minimum absolute atomic E-state index is 0.194. The summed E-state index contributed by atoms with van der Waals surface area (Å²) < 4.78 is 0. The molecule has 420 valence electrons. The zero-order chi connectivity index (χ0) is 59.1. The van der Waals surface area contributed by atoms with Crippen LogP contribution in [0.2, 0.25) is 0 Å². The summed E-state index contributed by atoms with van der Waals surface area (Å²) in [6, 6.07) is 80.1. The number of allylic oxidation sites excluding steroid dienone is 1. The van der Waals surface area contributed by atoms with E-state index in [4.69, 9.17) is 0 Å². The van der Waals surface area contributed by atoms with Crippen molar-refractivity contribution in [3.63, 3.8) is 0 Å². The molecule has 0 fully saturated rings. The number of para-hydroxylation sites is 2. The van der Waals surface area contributed by atoms with Crippen LogP contribution in [0.5, 0.6) is 0 Å². The Morgan fingerprint density at radius 2 is 0.698 bits per heavy atom. The molecule has 0 N–H and O–H groups in total. The molecule has 2 heteroatoms. The Morgan fingerprint density at radius 3 is 1.21 bits per heavy atom. The number of aryl methyl sites for hydroxylation is 1. The molecule has 0 saturated carbocycles. The zero-order valence-corrected chi connectivity index (χ0v) is 51.9. The van der Waals surface area contributed by atoms with Crippen molar-refractivity contribution in [2.24, 2.45) is 0 Å². The first-order valence-corrected chi connectivity index (χ1v) is 31.3. The van der Waals surface area contributed by atoms with Crippen LogP contribution in [-0.4, -0.2) is 0 Å². The first-order valence-electron chi connectivity index (χ1n) is 31.3. The van der Waals surface area contributed by atoms with Gasteiger partial charge < -0.3 is 9.80 Å².